The number of rotatable bonds is 2. The van der Waals surface area contributed by atoms with E-state index < -0.39 is 0 Å². The second-order valence-electron chi connectivity index (χ2n) is 5.49. The maximum absolute atomic E-state index is 3.92. The molecule has 2 saturated heterocycles. The van der Waals surface area contributed by atoms with E-state index in [0.29, 0.717) is 11.6 Å². The van der Waals surface area contributed by atoms with Crippen LogP contribution in [0, 0.1) is 5.92 Å². The van der Waals surface area contributed by atoms with Gasteiger partial charge in [-0.25, -0.2) is 0 Å². The average Bonchev–Trinajstić information content (AvgIpc) is 2.17. The molecule has 88 valence electrons. The van der Waals surface area contributed by atoms with Gasteiger partial charge < -0.3 is 10.6 Å². The molecular weight excluding hydrogens is 204 g/mol. The Labute approximate surface area is 98.0 Å². The summed E-state index contributed by atoms with van der Waals surface area (Å²) < 4.78 is 0. The fourth-order valence-electron chi connectivity index (χ4n) is 2.82. The fourth-order valence-corrected chi connectivity index (χ4v) is 4.09. The van der Waals surface area contributed by atoms with Gasteiger partial charge in [0, 0.05) is 24.7 Å². The first-order valence-corrected chi connectivity index (χ1v) is 7.42. The molecule has 2 aliphatic heterocycles. The predicted octanol–water partition coefficient (Wildman–Crippen LogP) is 1.86. The third-order valence-electron chi connectivity index (χ3n) is 3.57. The maximum atomic E-state index is 3.92. The molecule has 0 saturated carbocycles. The van der Waals surface area contributed by atoms with Gasteiger partial charge in [-0.3, -0.25) is 0 Å². The minimum absolute atomic E-state index is 0.434. The van der Waals surface area contributed by atoms with Crippen molar-refractivity contribution in [1.29, 1.82) is 0 Å². The zero-order valence-electron chi connectivity index (χ0n) is 10.0. The van der Waals surface area contributed by atoms with Crippen molar-refractivity contribution in [3.63, 3.8) is 0 Å². The zero-order valence-corrected chi connectivity index (χ0v) is 10.8. The van der Waals surface area contributed by atoms with Crippen molar-refractivity contribution < 1.29 is 0 Å². The molecule has 0 aromatic rings. The summed E-state index contributed by atoms with van der Waals surface area (Å²) in [5.74, 6) is 3.48. The van der Waals surface area contributed by atoms with Crippen LogP contribution in [0.5, 0.6) is 0 Å². The number of piperazine rings is 1. The molecule has 0 aromatic carbocycles. The van der Waals surface area contributed by atoms with Gasteiger partial charge in [-0.15, -0.1) is 0 Å². The predicted molar refractivity (Wildman–Crippen MR) is 68.5 cm³/mol. The van der Waals surface area contributed by atoms with Crippen LogP contribution < -0.4 is 10.6 Å². The first kappa shape index (κ1) is 11.7. The third-order valence-corrected chi connectivity index (χ3v) is 4.56. The lowest BCUT2D eigenvalue weighted by molar-refractivity contribution is 0.193. The molecule has 2 nitrogen and oxygen atoms in total. The molecule has 0 radical (unpaired) electrons. The third kappa shape index (κ3) is 3.11. The molecule has 2 fully saturated rings. The second-order valence-corrected chi connectivity index (χ2v) is 6.72. The molecule has 0 bridgehead atoms. The molecule has 1 spiro atoms. The minimum atomic E-state index is 0.434. The molecular formula is C12H24N2S. The Balaban J connectivity index is 1.90. The Hall–Kier alpha value is 0.270. The van der Waals surface area contributed by atoms with Crippen molar-refractivity contribution in [3.8, 4) is 0 Å². The lowest BCUT2D eigenvalue weighted by Gasteiger charge is -2.45. The van der Waals surface area contributed by atoms with Crippen LogP contribution in [0.4, 0.5) is 0 Å². The second kappa shape index (κ2) is 5.07. The smallest absolute Gasteiger partial charge is 0.0324 e. The molecule has 2 N–H and O–H groups in total. The largest absolute Gasteiger partial charge is 0.313 e. The number of thioether (sulfide) groups is 1. The van der Waals surface area contributed by atoms with E-state index in [9.17, 15) is 0 Å². The van der Waals surface area contributed by atoms with Crippen molar-refractivity contribution in [1.82, 2.24) is 10.6 Å². The number of hydrogen-bond donors (Lipinski definition) is 2. The van der Waals surface area contributed by atoms with E-state index in [2.05, 4.69) is 36.2 Å². The van der Waals surface area contributed by atoms with Gasteiger partial charge in [-0.2, -0.15) is 11.8 Å². The van der Waals surface area contributed by atoms with Gasteiger partial charge in [0.25, 0.3) is 0 Å². The van der Waals surface area contributed by atoms with Crippen molar-refractivity contribution >= 4 is 11.8 Å². The fraction of sp³-hybridized carbons (Fsp3) is 1.00. The highest BCUT2D eigenvalue weighted by molar-refractivity contribution is 7.99. The van der Waals surface area contributed by atoms with Gasteiger partial charge in [0.1, 0.15) is 0 Å². The van der Waals surface area contributed by atoms with E-state index in [1.165, 1.54) is 37.3 Å². The van der Waals surface area contributed by atoms with Gasteiger partial charge in [-0.05, 0) is 36.7 Å². The Morgan fingerprint density at radius 1 is 1.33 bits per heavy atom. The normalized spacial score (nSPS) is 31.0. The maximum Gasteiger partial charge on any atom is 0.0324 e. The monoisotopic (exact) mass is 228 g/mol. The van der Waals surface area contributed by atoms with E-state index in [1.807, 2.05) is 0 Å². The van der Waals surface area contributed by atoms with Gasteiger partial charge in [0.15, 0.2) is 0 Å². The standard InChI is InChI=1S/C12H24N2S/c1-10(2)7-11-8-13-9-12(14-11)3-5-15-6-4-12/h10-11,13-14H,3-9H2,1-2H3/t11-/m1/s1. The van der Waals surface area contributed by atoms with Crippen LogP contribution in [0.25, 0.3) is 0 Å². The lowest BCUT2D eigenvalue weighted by atomic mass is 9.87. The quantitative estimate of drug-likeness (QED) is 0.754. The molecule has 0 amide bonds. The lowest BCUT2D eigenvalue weighted by Crippen LogP contribution is -2.65. The highest BCUT2D eigenvalue weighted by Crippen LogP contribution is 2.29. The Morgan fingerprint density at radius 2 is 2.07 bits per heavy atom. The Morgan fingerprint density at radius 3 is 2.73 bits per heavy atom. The molecule has 3 heteroatoms. The number of nitrogens with one attached hydrogen (secondary N) is 2. The average molecular weight is 228 g/mol. The molecule has 2 heterocycles. The van der Waals surface area contributed by atoms with Crippen molar-refractivity contribution in [2.45, 2.75) is 44.7 Å². The van der Waals surface area contributed by atoms with Gasteiger partial charge in [-0.1, -0.05) is 13.8 Å². The summed E-state index contributed by atoms with van der Waals surface area (Å²) in [5, 5.41) is 7.55. The zero-order chi connectivity index (χ0) is 10.7. The minimum Gasteiger partial charge on any atom is -0.313 e. The topological polar surface area (TPSA) is 24.1 Å². The van der Waals surface area contributed by atoms with Crippen LogP contribution in [0.3, 0.4) is 0 Å². The molecule has 15 heavy (non-hydrogen) atoms. The molecule has 0 unspecified atom stereocenters. The molecule has 1 atom stereocenters. The van der Waals surface area contributed by atoms with Crippen LogP contribution in [0.15, 0.2) is 0 Å². The van der Waals surface area contributed by atoms with Crippen LogP contribution in [0.2, 0.25) is 0 Å². The molecule has 2 rings (SSSR count). The van der Waals surface area contributed by atoms with Crippen LogP contribution in [0.1, 0.15) is 33.1 Å². The summed E-state index contributed by atoms with van der Waals surface area (Å²) in [7, 11) is 0. The van der Waals surface area contributed by atoms with Crippen molar-refractivity contribution in [2.24, 2.45) is 5.92 Å². The van der Waals surface area contributed by atoms with E-state index in [0.717, 1.165) is 12.5 Å². The Kier molecular flexibility index (Phi) is 3.97. The summed E-state index contributed by atoms with van der Waals surface area (Å²) in [5.41, 5.74) is 0.434. The molecule has 0 aliphatic carbocycles. The van der Waals surface area contributed by atoms with Gasteiger partial charge >= 0.3 is 0 Å². The van der Waals surface area contributed by atoms with E-state index in [-0.39, 0.29) is 0 Å². The summed E-state index contributed by atoms with van der Waals surface area (Å²) in [4.78, 5) is 0. The van der Waals surface area contributed by atoms with Crippen molar-refractivity contribution in [3.05, 3.63) is 0 Å². The first-order valence-electron chi connectivity index (χ1n) is 6.26. The van der Waals surface area contributed by atoms with Crippen LogP contribution in [-0.4, -0.2) is 36.2 Å². The van der Waals surface area contributed by atoms with E-state index >= 15 is 0 Å². The molecule has 2 aliphatic rings. The highest BCUT2D eigenvalue weighted by atomic mass is 32.2. The van der Waals surface area contributed by atoms with E-state index in [1.54, 1.807) is 0 Å². The summed E-state index contributed by atoms with van der Waals surface area (Å²) in [6, 6.07) is 0.696. The van der Waals surface area contributed by atoms with E-state index in [4.69, 9.17) is 0 Å². The Bertz CT molecular complexity index is 194. The SMILES string of the molecule is CC(C)C[C@@H]1CNCC2(CCSCC2)N1. The highest BCUT2D eigenvalue weighted by Gasteiger charge is 2.36. The first-order chi connectivity index (χ1) is 7.20. The van der Waals surface area contributed by atoms with Crippen LogP contribution in [-0.2, 0) is 0 Å². The van der Waals surface area contributed by atoms with Crippen LogP contribution >= 0.6 is 11.8 Å². The van der Waals surface area contributed by atoms with Gasteiger partial charge in [0.05, 0.1) is 0 Å². The van der Waals surface area contributed by atoms with Gasteiger partial charge in [0.2, 0.25) is 0 Å². The number of hydrogen-bond acceptors (Lipinski definition) is 3. The molecule has 0 aromatic heterocycles. The van der Waals surface area contributed by atoms with Crippen molar-refractivity contribution in [2.75, 3.05) is 24.6 Å². The summed E-state index contributed by atoms with van der Waals surface area (Å²) >= 11 is 2.11. The summed E-state index contributed by atoms with van der Waals surface area (Å²) in [6.45, 7) is 6.98. The summed E-state index contributed by atoms with van der Waals surface area (Å²) in [6.07, 6.45) is 4.00.